The van der Waals surface area contributed by atoms with E-state index in [2.05, 4.69) is 16.0 Å². The summed E-state index contributed by atoms with van der Waals surface area (Å²) in [4.78, 5) is 17.6. The van der Waals surface area contributed by atoms with Crippen molar-refractivity contribution in [2.45, 2.75) is 46.6 Å². The summed E-state index contributed by atoms with van der Waals surface area (Å²) in [6.45, 7) is 7.97. The van der Waals surface area contributed by atoms with Crippen LogP contribution in [-0.4, -0.2) is 35.7 Å². The number of methoxy groups -OCH3 is 1. The third-order valence-corrected chi connectivity index (χ3v) is 6.57. The normalized spacial score (nSPS) is 11.3. The Labute approximate surface area is 225 Å². The summed E-state index contributed by atoms with van der Waals surface area (Å²) in [6, 6.07) is 20.1. The van der Waals surface area contributed by atoms with Crippen LogP contribution in [-0.2, 0) is 13.0 Å². The molecule has 0 saturated carbocycles. The molecule has 1 aromatic heterocycles. The lowest BCUT2D eigenvalue weighted by Gasteiger charge is -2.13. The smallest absolute Gasteiger partial charge is 0.251 e. The third kappa shape index (κ3) is 6.62. The molecule has 0 spiro atoms. The van der Waals surface area contributed by atoms with E-state index in [1.165, 1.54) is 0 Å². The van der Waals surface area contributed by atoms with Crippen LogP contribution in [0.2, 0.25) is 0 Å². The molecule has 6 nitrogen and oxygen atoms in total. The largest absolute Gasteiger partial charge is 0.493 e. The number of fused-ring (bicyclic) bond motifs is 1. The average Bonchev–Trinajstić information content (AvgIpc) is 3.26. The second-order valence-corrected chi connectivity index (χ2v) is 9.46. The summed E-state index contributed by atoms with van der Waals surface area (Å²) in [7, 11) is 1.66. The molecule has 0 radical (unpaired) electrons. The highest BCUT2D eigenvalue weighted by Crippen LogP contribution is 2.29. The van der Waals surface area contributed by atoms with Gasteiger partial charge in [0.1, 0.15) is 5.82 Å². The molecule has 0 atom stereocenters. The SMILES string of the molecule is C/C=C/c1ccc(OCCCCn2c(CCNC(=O)c3ccc(C)cc3C)nc3ccccc32)c(OC)c1. The zero-order valence-electron chi connectivity index (χ0n) is 22.8. The molecule has 0 bridgehead atoms. The van der Waals surface area contributed by atoms with Crippen molar-refractivity contribution in [2.24, 2.45) is 0 Å². The molecule has 0 unspecified atom stereocenters. The van der Waals surface area contributed by atoms with Gasteiger partial charge in [-0.2, -0.15) is 0 Å². The van der Waals surface area contributed by atoms with E-state index in [0.29, 0.717) is 19.6 Å². The molecule has 0 saturated heterocycles. The first-order valence-corrected chi connectivity index (χ1v) is 13.2. The van der Waals surface area contributed by atoms with Gasteiger partial charge >= 0.3 is 0 Å². The lowest BCUT2D eigenvalue weighted by atomic mass is 10.1. The highest BCUT2D eigenvalue weighted by molar-refractivity contribution is 5.95. The molecule has 0 aliphatic heterocycles. The van der Waals surface area contributed by atoms with E-state index in [1.807, 2.05) is 87.5 Å². The van der Waals surface area contributed by atoms with Gasteiger partial charge in [0.05, 0.1) is 24.8 Å². The molecule has 38 heavy (non-hydrogen) atoms. The molecule has 1 heterocycles. The van der Waals surface area contributed by atoms with Gasteiger partial charge in [-0.25, -0.2) is 4.98 Å². The van der Waals surface area contributed by atoms with Gasteiger partial charge in [0, 0.05) is 25.1 Å². The Balaban J connectivity index is 1.34. The minimum absolute atomic E-state index is 0.0449. The number of hydrogen-bond acceptors (Lipinski definition) is 4. The lowest BCUT2D eigenvalue weighted by molar-refractivity contribution is 0.0953. The maximum Gasteiger partial charge on any atom is 0.251 e. The minimum Gasteiger partial charge on any atom is -0.493 e. The molecular formula is C32H37N3O3. The first kappa shape index (κ1) is 27.0. The fourth-order valence-corrected chi connectivity index (χ4v) is 4.67. The monoisotopic (exact) mass is 511 g/mol. The topological polar surface area (TPSA) is 65.4 Å². The van der Waals surface area contributed by atoms with E-state index in [1.54, 1.807) is 7.11 Å². The molecule has 1 N–H and O–H groups in total. The maximum atomic E-state index is 12.7. The Bertz CT molecular complexity index is 1420. The van der Waals surface area contributed by atoms with E-state index in [9.17, 15) is 4.79 Å². The molecule has 0 aliphatic carbocycles. The number of nitrogens with zero attached hydrogens (tertiary/aromatic N) is 2. The number of rotatable bonds is 12. The van der Waals surface area contributed by atoms with Crippen LogP contribution in [0.5, 0.6) is 11.5 Å². The van der Waals surface area contributed by atoms with Gasteiger partial charge in [0.15, 0.2) is 11.5 Å². The van der Waals surface area contributed by atoms with Gasteiger partial charge < -0.3 is 19.4 Å². The maximum absolute atomic E-state index is 12.7. The van der Waals surface area contributed by atoms with E-state index in [-0.39, 0.29) is 5.91 Å². The van der Waals surface area contributed by atoms with Crippen molar-refractivity contribution in [3.05, 3.63) is 94.8 Å². The van der Waals surface area contributed by atoms with Crippen LogP contribution < -0.4 is 14.8 Å². The molecular weight excluding hydrogens is 474 g/mol. The van der Waals surface area contributed by atoms with Crippen molar-refractivity contribution in [3.63, 3.8) is 0 Å². The second-order valence-electron chi connectivity index (χ2n) is 9.46. The van der Waals surface area contributed by atoms with Crippen LogP contribution in [0, 0.1) is 13.8 Å². The standard InChI is InChI=1S/C32H37N3O3/c1-5-10-25-14-16-29(30(22-25)37-4)38-20-9-8-19-35-28-12-7-6-11-27(28)34-31(35)17-18-33-32(36)26-15-13-23(2)21-24(26)3/h5-7,10-16,21-22H,8-9,17-20H2,1-4H3,(H,33,36)/b10-5+. The zero-order chi connectivity index (χ0) is 26.9. The first-order chi connectivity index (χ1) is 18.5. The number of aromatic nitrogens is 2. The van der Waals surface area contributed by atoms with Crippen LogP contribution in [0.15, 0.2) is 66.7 Å². The Morgan fingerprint density at radius 2 is 1.87 bits per heavy atom. The second kappa shape index (κ2) is 13.0. The number of amides is 1. The fraction of sp³-hybridized carbons (Fsp3) is 0.312. The number of nitrogens with one attached hydrogen (secondary N) is 1. The van der Waals surface area contributed by atoms with E-state index >= 15 is 0 Å². The van der Waals surface area contributed by atoms with Gasteiger partial charge in [-0.3, -0.25) is 4.79 Å². The lowest BCUT2D eigenvalue weighted by Crippen LogP contribution is -2.27. The molecule has 1 amide bonds. The number of ether oxygens (including phenoxy) is 2. The van der Waals surface area contributed by atoms with Crippen molar-refractivity contribution in [1.29, 1.82) is 0 Å². The predicted molar refractivity (Wildman–Crippen MR) is 154 cm³/mol. The first-order valence-electron chi connectivity index (χ1n) is 13.2. The number of aryl methyl sites for hydroxylation is 3. The van der Waals surface area contributed by atoms with Crippen LogP contribution in [0.3, 0.4) is 0 Å². The summed E-state index contributed by atoms with van der Waals surface area (Å²) in [6.07, 6.45) is 6.55. The third-order valence-electron chi connectivity index (χ3n) is 6.57. The number of benzene rings is 3. The molecule has 6 heteroatoms. The van der Waals surface area contributed by atoms with Crippen molar-refractivity contribution in [2.75, 3.05) is 20.3 Å². The quantitative estimate of drug-likeness (QED) is 0.220. The van der Waals surface area contributed by atoms with Crippen molar-refractivity contribution >= 4 is 23.0 Å². The van der Waals surface area contributed by atoms with Gasteiger partial charge in [0.2, 0.25) is 0 Å². The van der Waals surface area contributed by atoms with Crippen LogP contribution >= 0.6 is 0 Å². The van der Waals surface area contributed by atoms with Crippen molar-refractivity contribution < 1.29 is 14.3 Å². The highest BCUT2D eigenvalue weighted by atomic mass is 16.5. The van der Waals surface area contributed by atoms with Crippen LogP contribution in [0.4, 0.5) is 0 Å². The fourth-order valence-electron chi connectivity index (χ4n) is 4.67. The van der Waals surface area contributed by atoms with Gasteiger partial charge in [-0.15, -0.1) is 0 Å². The van der Waals surface area contributed by atoms with E-state index in [4.69, 9.17) is 14.5 Å². The molecule has 4 aromatic rings. The summed E-state index contributed by atoms with van der Waals surface area (Å²) < 4.78 is 13.8. The number of para-hydroxylation sites is 2. The van der Waals surface area contributed by atoms with Crippen LogP contribution in [0.25, 0.3) is 17.1 Å². The predicted octanol–water partition coefficient (Wildman–Crippen LogP) is 6.53. The highest BCUT2D eigenvalue weighted by Gasteiger charge is 2.13. The minimum atomic E-state index is -0.0449. The van der Waals surface area contributed by atoms with E-state index < -0.39 is 0 Å². The summed E-state index contributed by atoms with van der Waals surface area (Å²) >= 11 is 0. The van der Waals surface area contributed by atoms with Gasteiger partial charge in [0.25, 0.3) is 5.91 Å². The Morgan fingerprint density at radius 1 is 1.03 bits per heavy atom. The molecule has 0 fully saturated rings. The van der Waals surface area contributed by atoms with Gasteiger partial charge in [-0.1, -0.05) is 48.0 Å². The van der Waals surface area contributed by atoms with Gasteiger partial charge in [-0.05, 0) is 75.1 Å². The van der Waals surface area contributed by atoms with Crippen molar-refractivity contribution in [3.8, 4) is 11.5 Å². The molecule has 198 valence electrons. The number of hydrogen-bond donors (Lipinski definition) is 1. The zero-order valence-corrected chi connectivity index (χ0v) is 22.8. The molecule has 4 rings (SSSR count). The molecule has 0 aliphatic rings. The average molecular weight is 512 g/mol. The number of allylic oxidation sites excluding steroid dienone is 1. The Kier molecular flexibility index (Phi) is 9.20. The number of unbranched alkanes of at least 4 members (excludes halogenated alkanes) is 1. The Morgan fingerprint density at radius 3 is 2.66 bits per heavy atom. The Hall–Kier alpha value is -4.06. The van der Waals surface area contributed by atoms with E-state index in [0.717, 1.165) is 70.0 Å². The summed E-state index contributed by atoms with van der Waals surface area (Å²) in [5.74, 6) is 2.44. The summed E-state index contributed by atoms with van der Waals surface area (Å²) in [5, 5.41) is 3.07. The molecule has 3 aromatic carbocycles. The van der Waals surface area contributed by atoms with Crippen molar-refractivity contribution in [1.82, 2.24) is 14.9 Å². The number of imidazole rings is 1. The summed E-state index contributed by atoms with van der Waals surface area (Å²) in [5.41, 5.74) is 6.04. The number of carbonyl (C=O) groups is 1. The number of carbonyl (C=O) groups excluding carboxylic acids is 1. The van der Waals surface area contributed by atoms with Crippen LogP contribution in [0.1, 0.15) is 52.6 Å².